The molecule has 0 fully saturated rings. The largest absolute Gasteiger partial charge is 0.350 e. The van der Waals surface area contributed by atoms with Crippen LogP contribution in [0, 0.1) is 5.82 Å². The van der Waals surface area contributed by atoms with Gasteiger partial charge in [0.15, 0.2) is 0 Å². The van der Waals surface area contributed by atoms with Crippen LogP contribution in [-0.2, 0) is 4.79 Å². The highest BCUT2D eigenvalue weighted by Crippen LogP contribution is 2.37. The summed E-state index contributed by atoms with van der Waals surface area (Å²) in [6.45, 7) is 8.68. The van der Waals surface area contributed by atoms with E-state index in [0.717, 1.165) is 21.3 Å². The van der Waals surface area contributed by atoms with Crippen molar-refractivity contribution in [3.63, 3.8) is 0 Å². The van der Waals surface area contributed by atoms with Crippen molar-refractivity contribution in [1.29, 1.82) is 0 Å². The van der Waals surface area contributed by atoms with E-state index >= 15 is 0 Å². The van der Waals surface area contributed by atoms with Gasteiger partial charge in [-0.3, -0.25) is 4.79 Å². The Balaban J connectivity index is 2.01. The predicted molar refractivity (Wildman–Crippen MR) is 109 cm³/mol. The SMILES string of the molecule is CCN(CC(=O)NC(C)(C)C)c1ncnc2scc(-c3ccc(F)cc3)c12. The van der Waals surface area contributed by atoms with Gasteiger partial charge >= 0.3 is 0 Å². The van der Waals surface area contributed by atoms with Crippen molar-refractivity contribution in [3.05, 3.63) is 41.8 Å². The highest BCUT2D eigenvalue weighted by Gasteiger charge is 2.21. The van der Waals surface area contributed by atoms with Gasteiger partial charge in [-0.2, -0.15) is 0 Å². The van der Waals surface area contributed by atoms with Gasteiger partial charge in [0.25, 0.3) is 0 Å². The minimum Gasteiger partial charge on any atom is -0.350 e. The molecule has 1 N–H and O–H groups in total. The average molecular weight is 386 g/mol. The monoisotopic (exact) mass is 386 g/mol. The van der Waals surface area contributed by atoms with Crippen LogP contribution in [0.5, 0.6) is 0 Å². The predicted octanol–water partition coefficient (Wildman–Crippen LogP) is 4.24. The van der Waals surface area contributed by atoms with Crippen LogP contribution in [-0.4, -0.2) is 34.5 Å². The molecule has 5 nitrogen and oxygen atoms in total. The molecule has 7 heteroatoms. The van der Waals surface area contributed by atoms with E-state index in [9.17, 15) is 9.18 Å². The van der Waals surface area contributed by atoms with E-state index in [1.165, 1.54) is 29.8 Å². The molecular formula is C20H23FN4OS. The van der Waals surface area contributed by atoms with Crippen molar-refractivity contribution in [2.24, 2.45) is 0 Å². The second-order valence-electron chi connectivity index (χ2n) is 7.35. The van der Waals surface area contributed by atoms with Crippen molar-refractivity contribution >= 4 is 33.3 Å². The summed E-state index contributed by atoms with van der Waals surface area (Å²) in [6.07, 6.45) is 1.52. The Morgan fingerprint density at radius 1 is 1.22 bits per heavy atom. The smallest absolute Gasteiger partial charge is 0.239 e. The molecule has 1 aromatic carbocycles. The summed E-state index contributed by atoms with van der Waals surface area (Å²) in [7, 11) is 0. The Morgan fingerprint density at radius 2 is 1.93 bits per heavy atom. The third-order valence-corrected chi connectivity index (χ3v) is 4.92. The zero-order chi connectivity index (χ0) is 19.6. The molecule has 0 saturated carbocycles. The third kappa shape index (κ3) is 4.42. The first-order valence-electron chi connectivity index (χ1n) is 8.82. The second kappa shape index (κ2) is 7.60. The molecule has 2 heterocycles. The third-order valence-electron chi connectivity index (χ3n) is 4.04. The average Bonchev–Trinajstić information content (AvgIpc) is 3.03. The summed E-state index contributed by atoms with van der Waals surface area (Å²) in [6, 6.07) is 6.37. The Kier molecular flexibility index (Phi) is 5.41. The number of fused-ring (bicyclic) bond motifs is 1. The molecule has 0 radical (unpaired) electrons. The lowest BCUT2D eigenvalue weighted by atomic mass is 10.1. The van der Waals surface area contributed by atoms with Crippen molar-refractivity contribution < 1.29 is 9.18 Å². The molecule has 0 atom stereocenters. The van der Waals surface area contributed by atoms with Gasteiger partial charge in [-0.15, -0.1) is 11.3 Å². The summed E-state index contributed by atoms with van der Waals surface area (Å²) in [5.41, 5.74) is 1.55. The minimum atomic E-state index is -0.293. The van der Waals surface area contributed by atoms with Crippen LogP contribution < -0.4 is 10.2 Å². The molecule has 0 aliphatic heterocycles. The number of anilines is 1. The van der Waals surface area contributed by atoms with Crippen LogP contribution in [0.25, 0.3) is 21.3 Å². The summed E-state index contributed by atoms with van der Waals surface area (Å²) in [5, 5.41) is 5.87. The van der Waals surface area contributed by atoms with Crippen molar-refractivity contribution in [2.45, 2.75) is 33.2 Å². The number of halogens is 1. The number of likely N-dealkylation sites (N-methyl/N-ethyl adjacent to an activating group) is 1. The molecule has 0 bridgehead atoms. The number of hydrogen-bond donors (Lipinski definition) is 1. The van der Waals surface area contributed by atoms with Gasteiger partial charge in [-0.05, 0) is 45.4 Å². The number of aromatic nitrogens is 2. The summed E-state index contributed by atoms with van der Waals surface area (Å²) < 4.78 is 13.3. The molecular weight excluding hydrogens is 363 g/mol. The van der Waals surface area contributed by atoms with Crippen LogP contribution in [0.4, 0.5) is 10.2 Å². The standard InChI is InChI=1S/C20H23FN4OS/c1-5-25(10-16(26)24-20(2,3)4)18-17-15(11-27-19(17)23-12-22-18)13-6-8-14(21)9-7-13/h6-9,11-12H,5,10H2,1-4H3,(H,24,26). The van der Waals surface area contributed by atoms with E-state index in [4.69, 9.17) is 0 Å². The molecule has 0 aliphatic rings. The van der Waals surface area contributed by atoms with E-state index < -0.39 is 0 Å². The lowest BCUT2D eigenvalue weighted by Crippen LogP contribution is -2.46. The minimum absolute atomic E-state index is 0.0605. The van der Waals surface area contributed by atoms with Gasteiger partial charge < -0.3 is 10.2 Å². The molecule has 0 unspecified atom stereocenters. The summed E-state index contributed by atoms with van der Waals surface area (Å²) in [5.74, 6) is 0.380. The van der Waals surface area contributed by atoms with Gasteiger partial charge in [0.1, 0.15) is 22.8 Å². The fraction of sp³-hybridized carbons (Fsp3) is 0.350. The first-order valence-corrected chi connectivity index (χ1v) is 9.70. The number of carbonyl (C=O) groups excluding carboxylic acids is 1. The first kappa shape index (κ1) is 19.2. The maximum atomic E-state index is 13.3. The number of nitrogens with zero attached hydrogens (tertiary/aromatic N) is 3. The zero-order valence-electron chi connectivity index (χ0n) is 15.9. The highest BCUT2D eigenvalue weighted by molar-refractivity contribution is 7.17. The van der Waals surface area contributed by atoms with Gasteiger partial charge in [0, 0.05) is 23.0 Å². The van der Waals surface area contributed by atoms with Gasteiger partial charge in [-0.25, -0.2) is 14.4 Å². The number of rotatable bonds is 5. The molecule has 27 heavy (non-hydrogen) atoms. The van der Waals surface area contributed by atoms with E-state index in [1.54, 1.807) is 12.1 Å². The van der Waals surface area contributed by atoms with Crippen molar-refractivity contribution in [3.8, 4) is 11.1 Å². The zero-order valence-corrected chi connectivity index (χ0v) is 16.7. The maximum absolute atomic E-state index is 13.3. The van der Waals surface area contributed by atoms with Gasteiger partial charge in [0.05, 0.1) is 11.9 Å². The fourth-order valence-corrected chi connectivity index (χ4v) is 3.82. The first-order chi connectivity index (χ1) is 12.8. The molecule has 3 rings (SSSR count). The maximum Gasteiger partial charge on any atom is 0.239 e. The number of benzene rings is 1. The van der Waals surface area contributed by atoms with Crippen LogP contribution in [0.15, 0.2) is 36.0 Å². The normalized spacial score (nSPS) is 11.6. The van der Waals surface area contributed by atoms with Crippen LogP contribution in [0.1, 0.15) is 27.7 Å². The number of carbonyl (C=O) groups is 1. The second-order valence-corrected chi connectivity index (χ2v) is 8.20. The van der Waals surface area contributed by atoms with E-state index in [0.29, 0.717) is 12.4 Å². The number of amides is 1. The molecule has 142 valence electrons. The highest BCUT2D eigenvalue weighted by atomic mass is 32.1. The quantitative estimate of drug-likeness (QED) is 0.713. The molecule has 0 saturated heterocycles. The number of hydrogen-bond acceptors (Lipinski definition) is 5. The van der Waals surface area contributed by atoms with E-state index in [2.05, 4.69) is 15.3 Å². The Labute approximate surface area is 162 Å². The van der Waals surface area contributed by atoms with Crippen LogP contribution in [0.2, 0.25) is 0 Å². The van der Waals surface area contributed by atoms with Gasteiger partial charge in [0.2, 0.25) is 5.91 Å². The fourth-order valence-electron chi connectivity index (χ4n) is 2.91. The van der Waals surface area contributed by atoms with Crippen molar-refractivity contribution in [1.82, 2.24) is 15.3 Å². The Hall–Kier alpha value is -2.54. The molecule has 0 spiro atoms. The number of thiophene rings is 1. The van der Waals surface area contributed by atoms with Gasteiger partial charge in [-0.1, -0.05) is 12.1 Å². The lowest BCUT2D eigenvalue weighted by Gasteiger charge is -2.26. The number of nitrogens with one attached hydrogen (secondary N) is 1. The Morgan fingerprint density at radius 3 is 2.56 bits per heavy atom. The summed E-state index contributed by atoms with van der Waals surface area (Å²) in [4.78, 5) is 24.0. The Bertz CT molecular complexity index is 947. The molecule has 0 aliphatic carbocycles. The topological polar surface area (TPSA) is 58.1 Å². The van der Waals surface area contributed by atoms with Crippen LogP contribution in [0.3, 0.4) is 0 Å². The molecule has 2 aromatic heterocycles. The summed E-state index contributed by atoms with van der Waals surface area (Å²) >= 11 is 1.51. The molecule has 3 aromatic rings. The lowest BCUT2D eigenvalue weighted by molar-refractivity contribution is -0.121. The van der Waals surface area contributed by atoms with E-state index in [-0.39, 0.29) is 23.8 Å². The van der Waals surface area contributed by atoms with Crippen LogP contribution >= 0.6 is 11.3 Å². The van der Waals surface area contributed by atoms with Crippen molar-refractivity contribution in [2.75, 3.05) is 18.0 Å². The van der Waals surface area contributed by atoms with E-state index in [1.807, 2.05) is 38.0 Å². The molecule has 1 amide bonds.